The molecule has 0 spiro atoms. The molecule has 2 aromatic rings. The fraction of sp³-hybridized carbons (Fsp3) is 0.643. The molecular formula is C28H44N2O. The van der Waals surface area contributed by atoms with Crippen molar-refractivity contribution in [2.24, 2.45) is 0 Å². The molecule has 0 radical (unpaired) electrons. The van der Waals surface area contributed by atoms with Gasteiger partial charge in [-0.05, 0) is 62.4 Å². The second-order valence-corrected chi connectivity index (χ2v) is 8.94. The molecule has 0 saturated heterocycles. The van der Waals surface area contributed by atoms with Crippen molar-refractivity contribution in [2.45, 2.75) is 117 Å². The lowest BCUT2D eigenvalue weighted by Crippen LogP contribution is -2.11. The Labute approximate surface area is 191 Å². The van der Waals surface area contributed by atoms with Crippen LogP contribution in [0.3, 0.4) is 0 Å². The maximum Gasteiger partial charge on any atom is 0.159 e. The quantitative estimate of drug-likeness (QED) is 0.238. The normalized spacial score (nSPS) is 12.1. The summed E-state index contributed by atoms with van der Waals surface area (Å²) >= 11 is 0. The van der Waals surface area contributed by atoms with Crippen LogP contribution in [0.2, 0.25) is 0 Å². The monoisotopic (exact) mass is 424 g/mol. The molecule has 3 nitrogen and oxygen atoms in total. The summed E-state index contributed by atoms with van der Waals surface area (Å²) in [5.74, 6) is 1.72. The van der Waals surface area contributed by atoms with E-state index in [0.717, 1.165) is 30.0 Å². The van der Waals surface area contributed by atoms with Crippen molar-refractivity contribution < 1.29 is 4.74 Å². The third kappa shape index (κ3) is 10.8. The van der Waals surface area contributed by atoms with E-state index >= 15 is 0 Å². The zero-order valence-electron chi connectivity index (χ0n) is 20.2. The van der Waals surface area contributed by atoms with Crippen LogP contribution in [-0.2, 0) is 6.42 Å². The molecule has 1 heterocycles. The second-order valence-electron chi connectivity index (χ2n) is 8.94. The minimum atomic E-state index is 0.259. The fourth-order valence-electron chi connectivity index (χ4n) is 3.93. The molecule has 2 rings (SSSR count). The lowest BCUT2D eigenvalue weighted by atomic mass is 10.1. The number of unbranched alkanes of at least 4 members (excludes halogenated alkanes) is 10. The first-order valence-electron chi connectivity index (χ1n) is 12.8. The highest BCUT2D eigenvalue weighted by Crippen LogP contribution is 2.21. The van der Waals surface area contributed by atoms with Crippen LogP contribution in [0.1, 0.15) is 110 Å². The van der Waals surface area contributed by atoms with E-state index in [4.69, 9.17) is 4.74 Å². The lowest BCUT2D eigenvalue weighted by Gasteiger charge is -2.15. The molecule has 31 heavy (non-hydrogen) atoms. The number of benzene rings is 1. The Morgan fingerprint density at radius 1 is 0.710 bits per heavy atom. The molecule has 0 fully saturated rings. The third-order valence-corrected chi connectivity index (χ3v) is 5.94. The minimum absolute atomic E-state index is 0.259. The van der Waals surface area contributed by atoms with Gasteiger partial charge in [-0.2, -0.15) is 0 Å². The van der Waals surface area contributed by atoms with Crippen molar-refractivity contribution in [2.75, 3.05) is 0 Å². The van der Waals surface area contributed by atoms with Crippen LogP contribution >= 0.6 is 0 Å². The van der Waals surface area contributed by atoms with Gasteiger partial charge >= 0.3 is 0 Å². The molecule has 0 saturated carbocycles. The number of rotatable bonds is 17. The molecule has 172 valence electrons. The Morgan fingerprint density at radius 3 is 1.87 bits per heavy atom. The zero-order valence-corrected chi connectivity index (χ0v) is 20.2. The van der Waals surface area contributed by atoms with E-state index in [9.17, 15) is 0 Å². The Balaban J connectivity index is 1.70. The van der Waals surface area contributed by atoms with Gasteiger partial charge < -0.3 is 4.74 Å². The van der Waals surface area contributed by atoms with E-state index in [2.05, 4.69) is 42.9 Å². The van der Waals surface area contributed by atoms with Crippen molar-refractivity contribution in [3.8, 4) is 17.1 Å². The topological polar surface area (TPSA) is 35.0 Å². The van der Waals surface area contributed by atoms with E-state index in [1.165, 1.54) is 82.6 Å². The SMILES string of the molecule is CCCCCCCCCc1cnc(-c2ccc(O[C@@H](C)CCCCCCC)cc2)nc1. The number of nitrogens with zero attached hydrogens (tertiary/aromatic N) is 2. The maximum absolute atomic E-state index is 6.08. The van der Waals surface area contributed by atoms with Gasteiger partial charge in [0.05, 0.1) is 6.10 Å². The van der Waals surface area contributed by atoms with Crippen molar-refractivity contribution in [3.63, 3.8) is 0 Å². The third-order valence-electron chi connectivity index (χ3n) is 5.94. The highest BCUT2D eigenvalue weighted by molar-refractivity contribution is 5.55. The van der Waals surface area contributed by atoms with E-state index in [1.807, 2.05) is 24.5 Å². The molecule has 0 unspecified atom stereocenters. The predicted octanol–water partition coefficient (Wildman–Crippen LogP) is 8.56. The van der Waals surface area contributed by atoms with Crippen molar-refractivity contribution in [1.82, 2.24) is 9.97 Å². The summed E-state index contributed by atoms with van der Waals surface area (Å²) in [6.07, 6.45) is 22.3. The van der Waals surface area contributed by atoms with Gasteiger partial charge in [0, 0.05) is 18.0 Å². The molecule has 3 heteroatoms. The molecule has 1 aromatic carbocycles. The zero-order chi connectivity index (χ0) is 22.2. The Kier molecular flexibility index (Phi) is 13.0. The van der Waals surface area contributed by atoms with Crippen molar-refractivity contribution in [3.05, 3.63) is 42.2 Å². The fourth-order valence-corrected chi connectivity index (χ4v) is 3.93. The minimum Gasteiger partial charge on any atom is -0.491 e. The molecule has 0 amide bonds. The average molecular weight is 425 g/mol. The summed E-state index contributed by atoms with van der Waals surface area (Å²) < 4.78 is 6.08. The van der Waals surface area contributed by atoms with Gasteiger partial charge in [-0.15, -0.1) is 0 Å². The van der Waals surface area contributed by atoms with Gasteiger partial charge in [-0.1, -0.05) is 78.1 Å². The summed E-state index contributed by atoms with van der Waals surface area (Å²) in [5, 5.41) is 0. The highest BCUT2D eigenvalue weighted by Gasteiger charge is 2.06. The van der Waals surface area contributed by atoms with Crippen LogP contribution in [-0.4, -0.2) is 16.1 Å². The summed E-state index contributed by atoms with van der Waals surface area (Å²) in [7, 11) is 0. The predicted molar refractivity (Wildman–Crippen MR) is 133 cm³/mol. The summed E-state index contributed by atoms with van der Waals surface area (Å²) in [5.41, 5.74) is 2.28. The number of aryl methyl sites for hydroxylation is 1. The van der Waals surface area contributed by atoms with E-state index in [0.29, 0.717) is 0 Å². The van der Waals surface area contributed by atoms with E-state index in [1.54, 1.807) is 0 Å². The first kappa shape index (κ1) is 25.4. The average Bonchev–Trinajstić information content (AvgIpc) is 2.79. The number of ether oxygens (including phenoxy) is 1. The largest absolute Gasteiger partial charge is 0.491 e. The van der Waals surface area contributed by atoms with Crippen LogP contribution in [0.5, 0.6) is 5.75 Å². The van der Waals surface area contributed by atoms with Gasteiger partial charge in [-0.25, -0.2) is 9.97 Å². The standard InChI is InChI=1S/C28H44N2O/c1-4-6-8-10-11-13-15-17-25-22-29-28(30-23-25)26-18-20-27(21-19-26)31-24(3)16-14-12-9-7-5-2/h18-24H,4-17H2,1-3H3/t24-/m0/s1. The Bertz CT molecular complexity index is 681. The van der Waals surface area contributed by atoms with E-state index < -0.39 is 0 Å². The van der Waals surface area contributed by atoms with E-state index in [-0.39, 0.29) is 6.10 Å². The number of aromatic nitrogens is 2. The van der Waals surface area contributed by atoms with Crippen LogP contribution in [0, 0.1) is 0 Å². The van der Waals surface area contributed by atoms with Crippen LogP contribution < -0.4 is 4.74 Å². The molecule has 1 atom stereocenters. The van der Waals surface area contributed by atoms with Crippen LogP contribution in [0.4, 0.5) is 0 Å². The number of hydrogen-bond donors (Lipinski definition) is 0. The lowest BCUT2D eigenvalue weighted by molar-refractivity contribution is 0.206. The summed E-state index contributed by atoms with van der Waals surface area (Å²) in [6.45, 7) is 6.69. The second kappa shape index (κ2) is 15.8. The molecule has 0 bridgehead atoms. The van der Waals surface area contributed by atoms with Gasteiger partial charge in [0.2, 0.25) is 0 Å². The van der Waals surface area contributed by atoms with Gasteiger partial charge in [0.15, 0.2) is 5.82 Å². The van der Waals surface area contributed by atoms with Crippen molar-refractivity contribution >= 4 is 0 Å². The van der Waals surface area contributed by atoms with Gasteiger partial charge in [0.25, 0.3) is 0 Å². The van der Waals surface area contributed by atoms with Crippen LogP contribution in [0.25, 0.3) is 11.4 Å². The van der Waals surface area contributed by atoms with Crippen molar-refractivity contribution in [1.29, 1.82) is 0 Å². The molecule has 0 N–H and O–H groups in total. The van der Waals surface area contributed by atoms with Gasteiger partial charge in [0.1, 0.15) is 5.75 Å². The first-order valence-corrected chi connectivity index (χ1v) is 12.8. The molecule has 0 aliphatic rings. The molecular weight excluding hydrogens is 380 g/mol. The summed E-state index contributed by atoms with van der Waals surface area (Å²) in [4.78, 5) is 9.18. The van der Waals surface area contributed by atoms with Gasteiger partial charge in [-0.3, -0.25) is 0 Å². The van der Waals surface area contributed by atoms with Crippen LogP contribution in [0.15, 0.2) is 36.7 Å². The molecule has 1 aromatic heterocycles. The number of hydrogen-bond acceptors (Lipinski definition) is 3. The maximum atomic E-state index is 6.08. The highest BCUT2D eigenvalue weighted by atomic mass is 16.5. The summed E-state index contributed by atoms with van der Waals surface area (Å²) in [6, 6.07) is 8.21. The smallest absolute Gasteiger partial charge is 0.159 e. The Morgan fingerprint density at radius 2 is 1.26 bits per heavy atom. The Hall–Kier alpha value is -1.90. The molecule has 0 aliphatic heterocycles. The first-order chi connectivity index (χ1) is 15.2. The molecule has 0 aliphatic carbocycles.